The van der Waals surface area contributed by atoms with Gasteiger partial charge >= 0.3 is 5.97 Å². The number of hydrogen-bond acceptors (Lipinski definition) is 4. The van der Waals surface area contributed by atoms with Crippen molar-refractivity contribution in [3.05, 3.63) is 0 Å². The van der Waals surface area contributed by atoms with Gasteiger partial charge in [0, 0.05) is 0 Å². The zero-order valence-corrected chi connectivity index (χ0v) is 11.4. The lowest BCUT2D eigenvalue weighted by atomic mass is 9.88. The average molecular weight is 242 g/mol. The molecule has 1 aliphatic heterocycles. The summed E-state index contributed by atoms with van der Waals surface area (Å²) in [7, 11) is 1.47. The standard InChI is InChI=1S/C13H26N2O2/c1-13(2,10-14)7-9-15-8-5-4-6-11(15)12(16)17-3/h11H,4-10,14H2,1-3H3. The van der Waals surface area contributed by atoms with Crippen molar-refractivity contribution in [3.8, 4) is 0 Å². The van der Waals surface area contributed by atoms with Crippen molar-refractivity contribution >= 4 is 5.97 Å². The molecule has 0 aliphatic carbocycles. The van der Waals surface area contributed by atoms with Gasteiger partial charge in [0.2, 0.25) is 0 Å². The minimum absolute atomic E-state index is 0.0395. The minimum Gasteiger partial charge on any atom is -0.468 e. The highest BCUT2D eigenvalue weighted by molar-refractivity contribution is 5.75. The molecule has 0 spiro atoms. The van der Waals surface area contributed by atoms with Crippen LogP contribution in [-0.4, -0.2) is 43.7 Å². The summed E-state index contributed by atoms with van der Waals surface area (Å²) in [6, 6.07) is -0.0395. The fourth-order valence-electron chi connectivity index (χ4n) is 2.21. The Kier molecular flexibility index (Phi) is 5.40. The summed E-state index contributed by atoms with van der Waals surface area (Å²) in [5.74, 6) is -0.0877. The Bertz CT molecular complexity index is 254. The number of nitrogens with two attached hydrogens (primary N) is 1. The van der Waals surface area contributed by atoms with Crippen LogP contribution in [0, 0.1) is 5.41 Å². The maximum absolute atomic E-state index is 11.7. The van der Waals surface area contributed by atoms with Crippen LogP contribution in [0.2, 0.25) is 0 Å². The number of nitrogens with zero attached hydrogens (tertiary/aromatic N) is 1. The molecule has 1 heterocycles. The van der Waals surface area contributed by atoms with Gasteiger partial charge in [-0.3, -0.25) is 9.69 Å². The monoisotopic (exact) mass is 242 g/mol. The molecule has 0 radical (unpaired) electrons. The third-order valence-corrected chi connectivity index (χ3v) is 3.72. The zero-order chi connectivity index (χ0) is 12.9. The molecule has 1 aliphatic rings. The largest absolute Gasteiger partial charge is 0.468 e. The van der Waals surface area contributed by atoms with Crippen LogP contribution in [0.15, 0.2) is 0 Å². The van der Waals surface area contributed by atoms with Crippen molar-refractivity contribution in [2.24, 2.45) is 11.1 Å². The van der Waals surface area contributed by atoms with E-state index in [-0.39, 0.29) is 17.4 Å². The molecule has 0 bridgehead atoms. The Balaban J connectivity index is 2.51. The molecule has 4 nitrogen and oxygen atoms in total. The van der Waals surface area contributed by atoms with Gasteiger partial charge in [0.05, 0.1) is 7.11 Å². The summed E-state index contributed by atoms with van der Waals surface area (Å²) >= 11 is 0. The highest BCUT2D eigenvalue weighted by atomic mass is 16.5. The smallest absolute Gasteiger partial charge is 0.323 e. The number of piperidine rings is 1. The first-order valence-electron chi connectivity index (χ1n) is 6.52. The van der Waals surface area contributed by atoms with E-state index in [1.165, 1.54) is 13.5 Å². The van der Waals surface area contributed by atoms with Gasteiger partial charge in [-0.25, -0.2) is 0 Å². The molecule has 1 unspecified atom stereocenters. The fourth-order valence-corrected chi connectivity index (χ4v) is 2.21. The van der Waals surface area contributed by atoms with E-state index >= 15 is 0 Å². The molecule has 0 saturated carbocycles. The molecule has 1 saturated heterocycles. The van der Waals surface area contributed by atoms with Gasteiger partial charge in [-0.2, -0.15) is 0 Å². The highest BCUT2D eigenvalue weighted by Gasteiger charge is 2.30. The molecular formula is C13H26N2O2. The molecule has 1 rings (SSSR count). The lowest BCUT2D eigenvalue weighted by Gasteiger charge is -2.35. The molecular weight excluding hydrogens is 216 g/mol. The van der Waals surface area contributed by atoms with Gasteiger partial charge in [0.25, 0.3) is 0 Å². The van der Waals surface area contributed by atoms with Crippen molar-refractivity contribution in [1.82, 2.24) is 4.90 Å². The van der Waals surface area contributed by atoms with E-state index in [0.29, 0.717) is 6.54 Å². The molecule has 0 aromatic rings. The Labute approximate surface area is 104 Å². The lowest BCUT2D eigenvalue weighted by molar-refractivity contribution is -0.148. The predicted molar refractivity (Wildman–Crippen MR) is 68.7 cm³/mol. The van der Waals surface area contributed by atoms with Crippen LogP contribution in [0.4, 0.5) is 0 Å². The van der Waals surface area contributed by atoms with Gasteiger partial charge in [-0.1, -0.05) is 20.3 Å². The first kappa shape index (κ1) is 14.5. The van der Waals surface area contributed by atoms with E-state index in [4.69, 9.17) is 10.5 Å². The molecule has 1 atom stereocenters. The summed E-state index contributed by atoms with van der Waals surface area (Å²) < 4.78 is 4.87. The number of likely N-dealkylation sites (tertiary alicyclic amines) is 1. The van der Waals surface area contributed by atoms with Crippen LogP contribution < -0.4 is 5.73 Å². The van der Waals surface area contributed by atoms with Gasteiger partial charge in [-0.15, -0.1) is 0 Å². The van der Waals surface area contributed by atoms with Crippen LogP contribution in [0.5, 0.6) is 0 Å². The molecule has 0 aromatic carbocycles. The number of rotatable bonds is 5. The first-order chi connectivity index (χ1) is 8.00. The molecule has 0 aromatic heterocycles. The minimum atomic E-state index is -0.0877. The number of ether oxygens (including phenoxy) is 1. The maximum Gasteiger partial charge on any atom is 0.323 e. The highest BCUT2D eigenvalue weighted by Crippen LogP contribution is 2.23. The van der Waals surface area contributed by atoms with Gasteiger partial charge in [0.1, 0.15) is 6.04 Å². The Morgan fingerprint density at radius 2 is 2.18 bits per heavy atom. The number of hydrogen-bond donors (Lipinski definition) is 1. The lowest BCUT2D eigenvalue weighted by Crippen LogP contribution is -2.46. The SMILES string of the molecule is COC(=O)C1CCCCN1CCC(C)(C)CN. The van der Waals surface area contributed by atoms with Crippen LogP contribution in [0.3, 0.4) is 0 Å². The number of methoxy groups -OCH3 is 1. The fraction of sp³-hybridized carbons (Fsp3) is 0.923. The number of carbonyl (C=O) groups is 1. The summed E-state index contributed by atoms with van der Waals surface area (Å²) in [4.78, 5) is 13.9. The molecule has 0 amide bonds. The number of esters is 1. The van der Waals surface area contributed by atoms with Crippen LogP contribution >= 0.6 is 0 Å². The molecule has 2 N–H and O–H groups in total. The van der Waals surface area contributed by atoms with Crippen LogP contribution in [0.25, 0.3) is 0 Å². The van der Waals surface area contributed by atoms with E-state index in [1.807, 2.05) is 0 Å². The molecule has 4 heteroatoms. The van der Waals surface area contributed by atoms with E-state index in [0.717, 1.165) is 32.4 Å². The predicted octanol–water partition coefficient (Wildman–Crippen LogP) is 1.39. The second kappa shape index (κ2) is 6.36. The van der Waals surface area contributed by atoms with Crippen molar-refractivity contribution in [2.75, 3.05) is 26.7 Å². The summed E-state index contributed by atoms with van der Waals surface area (Å²) in [6.45, 7) is 6.96. The van der Waals surface area contributed by atoms with Crippen LogP contribution in [0.1, 0.15) is 39.5 Å². The van der Waals surface area contributed by atoms with E-state index in [9.17, 15) is 4.79 Å². The summed E-state index contributed by atoms with van der Waals surface area (Å²) in [6.07, 6.45) is 4.25. The average Bonchev–Trinajstić information content (AvgIpc) is 2.36. The van der Waals surface area contributed by atoms with Crippen molar-refractivity contribution < 1.29 is 9.53 Å². The van der Waals surface area contributed by atoms with E-state index < -0.39 is 0 Å². The summed E-state index contributed by atoms with van der Waals surface area (Å²) in [5, 5.41) is 0. The third kappa shape index (κ3) is 4.28. The second-order valence-electron chi connectivity index (χ2n) is 5.69. The first-order valence-corrected chi connectivity index (χ1v) is 6.52. The Morgan fingerprint density at radius 3 is 2.76 bits per heavy atom. The zero-order valence-electron chi connectivity index (χ0n) is 11.4. The van der Waals surface area contributed by atoms with Crippen molar-refractivity contribution in [2.45, 2.75) is 45.6 Å². The maximum atomic E-state index is 11.7. The number of carbonyl (C=O) groups excluding carboxylic acids is 1. The van der Waals surface area contributed by atoms with E-state index in [2.05, 4.69) is 18.7 Å². The Hall–Kier alpha value is -0.610. The molecule has 17 heavy (non-hydrogen) atoms. The van der Waals surface area contributed by atoms with Crippen molar-refractivity contribution in [1.29, 1.82) is 0 Å². The van der Waals surface area contributed by atoms with Gasteiger partial charge in [-0.05, 0) is 44.3 Å². The topological polar surface area (TPSA) is 55.6 Å². The normalized spacial score (nSPS) is 22.5. The molecule has 100 valence electrons. The van der Waals surface area contributed by atoms with Gasteiger partial charge in [0.15, 0.2) is 0 Å². The van der Waals surface area contributed by atoms with Crippen LogP contribution in [-0.2, 0) is 9.53 Å². The Morgan fingerprint density at radius 1 is 1.47 bits per heavy atom. The van der Waals surface area contributed by atoms with Crippen molar-refractivity contribution in [3.63, 3.8) is 0 Å². The quantitative estimate of drug-likeness (QED) is 0.740. The second-order valence-corrected chi connectivity index (χ2v) is 5.69. The summed E-state index contributed by atoms with van der Waals surface area (Å²) in [5.41, 5.74) is 5.88. The van der Waals surface area contributed by atoms with Gasteiger partial charge < -0.3 is 10.5 Å². The molecule has 1 fully saturated rings. The third-order valence-electron chi connectivity index (χ3n) is 3.72. The van der Waals surface area contributed by atoms with E-state index in [1.54, 1.807) is 0 Å².